The number of anilines is 1. The van der Waals surface area contributed by atoms with E-state index >= 15 is 0 Å². The Balaban J connectivity index is 1.89. The SMILES string of the molecule is O=C(O)CN1CCN(C(=O)Nc2ccc(F)cc2Cl)CC1. The molecule has 1 heterocycles. The van der Waals surface area contributed by atoms with Gasteiger partial charge < -0.3 is 15.3 Å². The normalized spacial score (nSPS) is 15.8. The molecule has 2 amide bonds. The fourth-order valence-corrected chi connectivity index (χ4v) is 2.30. The molecule has 0 saturated carbocycles. The number of carboxylic acid groups (broad SMARTS) is 1. The molecule has 6 nitrogen and oxygen atoms in total. The second kappa shape index (κ2) is 6.73. The van der Waals surface area contributed by atoms with Crippen molar-refractivity contribution in [1.82, 2.24) is 9.80 Å². The van der Waals surface area contributed by atoms with Gasteiger partial charge in [-0.25, -0.2) is 9.18 Å². The molecule has 0 aliphatic carbocycles. The molecule has 1 aromatic rings. The highest BCUT2D eigenvalue weighted by atomic mass is 35.5. The summed E-state index contributed by atoms with van der Waals surface area (Å²) in [6, 6.07) is 3.41. The standard InChI is InChI=1S/C13H15ClFN3O3/c14-10-7-9(15)1-2-11(10)16-13(21)18-5-3-17(4-6-18)8-12(19)20/h1-2,7H,3-6,8H2,(H,16,21)(H,19,20). The van der Waals surface area contributed by atoms with E-state index in [1.165, 1.54) is 12.1 Å². The highest BCUT2D eigenvalue weighted by Crippen LogP contribution is 2.22. The van der Waals surface area contributed by atoms with Crippen LogP contribution in [0.4, 0.5) is 14.9 Å². The zero-order valence-corrected chi connectivity index (χ0v) is 11.9. The first-order valence-corrected chi connectivity index (χ1v) is 6.78. The zero-order chi connectivity index (χ0) is 15.4. The van der Waals surface area contributed by atoms with Gasteiger partial charge in [-0.1, -0.05) is 11.6 Å². The lowest BCUT2D eigenvalue weighted by atomic mass is 10.3. The molecule has 2 N–H and O–H groups in total. The van der Waals surface area contributed by atoms with Gasteiger partial charge in [-0.3, -0.25) is 9.69 Å². The van der Waals surface area contributed by atoms with Crippen LogP contribution >= 0.6 is 11.6 Å². The Kier molecular flexibility index (Phi) is 4.98. The number of hydrogen-bond acceptors (Lipinski definition) is 3. The first-order valence-electron chi connectivity index (χ1n) is 6.41. The molecule has 0 atom stereocenters. The van der Waals surface area contributed by atoms with E-state index in [1.54, 1.807) is 9.80 Å². The van der Waals surface area contributed by atoms with Crippen LogP contribution in [0.5, 0.6) is 0 Å². The monoisotopic (exact) mass is 315 g/mol. The molecule has 0 unspecified atom stereocenters. The average Bonchev–Trinajstić information content (AvgIpc) is 2.42. The summed E-state index contributed by atoms with van der Waals surface area (Å²) in [5, 5.41) is 11.5. The number of urea groups is 1. The summed E-state index contributed by atoms with van der Waals surface area (Å²) in [5.41, 5.74) is 0.344. The quantitative estimate of drug-likeness (QED) is 0.890. The number of hydrogen-bond donors (Lipinski definition) is 2. The van der Waals surface area contributed by atoms with Crippen molar-refractivity contribution < 1.29 is 19.1 Å². The average molecular weight is 316 g/mol. The summed E-state index contributed by atoms with van der Waals surface area (Å²) >= 11 is 5.85. The van der Waals surface area contributed by atoms with Crippen LogP contribution in [0.2, 0.25) is 5.02 Å². The summed E-state index contributed by atoms with van der Waals surface area (Å²) in [4.78, 5) is 26.0. The molecule has 0 spiro atoms. The topological polar surface area (TPSA) is 72.9 Å². The molecule has 1 fully saturated rings. The largest absolute Gasteiger partial charge is 0.480 e. The number of nitrogens with one attached hydrogen (secondary N) is 1. The predicted molar refractivity (Wildman–Crippen MR) is 76.1 cm³/mol. The second-order valence-electron chi connectivity index (χ2n) is 4.71. The molecule has 0 radical (unpaired) electrons. The van der Waals surface area contributed by atoms with Gasteiger partial charge in [0.1, 0.15) is 5.82 Å². The Bertz CT molecular complexity index is 547. The minimum atomic E-state index is -0.883. The molecule has 114 valence electrons. The number of halogens is 2. The minimum absolute atomic E-state index is 0.0285. The third kappa shape index (κ3) is 4.30. The van der Waals surface area contributed by atoms with Gasteiger partial charge in [0, 0.05) is 26.2 Å². The van der Waals surface area contributed by atoms with E-state index in [2.05, 4.69) is 5.32 Å². The maximum absolute atomic E-state index is 12.9. The van der Waals surface area contributed by atoms with E-state index in [9.17, 15) is 14.0 Å². The van der Waals surface area contributed by atoms with Crippen LogP contribution in [-0.2, 0) is 4.79 Å². The maximum Gasteiger partial charge on any atom is 0.321 e. The van der Waals surface area contributed by atoms with E-state index < -0.39 is 11.8 Å². The number of amides is 2. The Morgan fingerprint density at radius 2 is 1.95 bits per heavy atom. The van der Waals surface area contributed by atoms with Crippen molar-refractivity contribution in [2.24, 2.45) is 0 Å². The molecule has 0 bridgehead atoms. The maximum atomic E-state index is 12.9. The number of carbonyl (C=O) groups excluding carboxylic acids is 1. The van der Waals surface area contributed by atoms with Crippen LogP contribution in [0.25, 0.3) is 0 Å². The molecule has 21 heavy (non-hydrogen) atoms. The number of nitrogens with zero attached hydrogens (tertiary/aromatic N) is 2. The Morgan fingerprint density at radius 1 is 1.29 bits per heavy atom. The first-order chi connectivity index (χ1) is 9.95. The number of piperazine rings is 1. The van der Waals surface area contributed by atoms with E-state index in [4.69, 9.17) is 16.7 Å². The minimum Gasteiger partial charge on any atom is -0.480 e. The molecule has 1 aromatic carbocycles. The number of rotatable bonds is 3. The Labute approximate surface area is 126 Å². The third-order valence-electron chi connectivity index (χ3n) is 3.19. The van der Waals surface area contributed by atoms with Crippen molar-refractivity contribution >= 4 is 29.3 Å². The third-order valence-corrected chi connectivity index (χ3v) is 3.50. The lowest BCUT2D eigenvalue weighted by Crippen LogP contribution is -2.51. The molecule has 0 aromatic heterocycles. The summed E-state index contributed by atoms with van der Waals surface area (Å²) < 4.78 is 12.9. The lowest BCUT2D eigenvalue weighted by Gasteiger charge is -2.33. The van der Waals surface area contributed by atoms with Crippen LogP contribution in [0.15, 0.2) is 18.2 Å². The predicted octanol–water partition coefficient (Wildman–Crippen LogP) is 1.71. The number of carbonyl (C=O) groups is 2. The fraction of sp³-hybridized carbons (Fsp3) is 0.385. The van der Waals surface area contributed by atoms with Crippen molar-refractivity contribution in [2.75, 3.05) is 38.0 Å². The fourth-order valence-electron chi connectivity index (χ4n) is 2.09. The molecule has 1 saturated heterocycles. The van der Waals surface area contributed by atoms with Gasteiger partial charge in [0.25, 0.3) is 0 Å². The zero-order valence-electron chi connectivity index (χ0n) is 11.2. The van der Waals surface area contributed by atoms with Crippen molar-refractivity contribution in [3.8, 4) is 0 Å². The number of benzene rings is 1. The summed E-state index contributed by atoms with van der Waals surface area (Å²) in [6.45, 7) is 1.82. The Hall–Kier alpha value is -1.86. The molecule has 1 aliphatic rings. The summed E-state index contributed by atoms with van der Waals surface area (Å²) in [7, 11) is 0. The number of carboxylic acids is 1. The van der Waals surface area contributed by atoms with Gasteiger partial charge in [-0.05, 0) is 18.2 Å². The molecular formula is C13H15ClFN3O3. The van der Waals surface area contributed by atoms with Crippen molar-refractivity contribution in [3.05, 3.63) is 29.0 Å². The van der Waals surface area contributed by atoms with E-state index in [-0.39, 0.29) is 17.6 Å². The smallest absolute Gasteiger partial charge is 0.321 e. The highest BCUT2D eigenvalue weighted by Gasteiger charge is 2.22. The molecule has 2 rings (SSSR count). The van der Waals surface area contributed by atoms with Gasteiger partial charge in [0.05, 0.1) is 17.3 Å². The molecular weight excluding hydrogens is 301 g/mol. The van der Waals surface area contributed by atoms with Crippen LogP contribution in [0, 0.1) is 5.82 Å². The van der Waals surface area contributed by atoms with Gasteiger partial charge in [-0.2, -0.15) is 0 Å². The van der Waals surface area contributed by atoms with Gasteiger partial charge >= 0.3 is 12.0 Å². The van der Waals surface area contributed by atoms with E-state index in [1.807, 2.05) is 0 Å². The van der Waals surface area contributed by atoms with Crippen LogP contribution in [0.3, 0.4) is 0 Å². The van der Waals surface area contributed by atoms with Gasteiger partial charge in [-0.15, -0.1) is 0 Å². The summed E-state index contributed by atoms with van der Waals surface area (Å²) in [5.74, 6) is -1.36. The lowest BCUT2D eigenvalue weighted by molar-refractivity contribution is -0.138. The van der Waals surface area contributed by atoms with E-state index in [0.29, 0.717) is 31.9 Å². The number of aliphatic carboxylic acids is 1. The molecule has 1 aliphatic heterocycles. The van der Waals surface area contributed by atoms with Crippen LogP contribution in [0.1, 0.15) is 0 Å². The van der Waals surface area contributed by atoms with E-state index in [0.717, 1.165) is 6.07 Å². The molecule has 8 heteroatoms. The summed E-state index contributed by atoms with van der Waals surface area (Å²) in [6.07, 6.45) is 0. The van der Waals surface area contributed by atoms with Crippen molar-refractivity contribution in [2.45, 2.75) is 0 Å². The second-order valence-corrected chi connectivity index (χ2v) is 5.12. The first kappa shape index (κ1) is 15.5. The van der Waals surface area contributed by atoms with Crippen LogP contribution < -0.4 is 5.32 Å². The van der Waals surface area contributed by atoms with Gasteiger partial charge in [0.2, 0.25) is 0 Å². The van der Waals surface area contributed by atoms with Crippen molar-refractivity contribution in [3.63, 3.8) is 0 Å². The van der Waals surface area contributed by atoms with Gasteiger partial charge in [0.15, 0.2) is 0 Å². The Morgan fingerprint density at radius 3 is 2.52 bits per heavy atom. The highest BCUT2D eigenvalue weighted by molar-refractivity contribution is 6.33. The van der Waals surface area contributed by atoms with Crippen LogP contribution in [-0.4, -0.2) is 59.6 Å². The van der Waals surface area contributed by atoms with Crippen molar-refractivity contribution in [1.29, 1.82) is 0 Å².